The quantitative estimate of drug-likeness (QED) is 0.849. The average molecular weight is 343 g/mol. The Kier molecular flexibility index (Phi) is 4.51. The van der Waals surface area contributed by atoms with Crippen LogP contribution >= 0.6 is 0 Å². The lowest BCUT2D eigenvalue weighted by atomic mass is 10.1. The highest BCUT2D eigenvalue weighted by Crippen LogP contribution is 2.26. The SMILES string of the molecule is COC(=O)c1ccccc1NC(=O)C1CC(=O)N(c2cc(C)on2)C1. The van der Waals surface area contributed by atoms with Gasteiger partial charge in [0, 0.05) is 19.0 Å². The Morgan fingerprint density at radius 2 is 2.12 bits per heavy atom. The molecular weight excluding hydrogens is 326 g/mol. The van der Waals surface area contributed by atoms with E-state index in [1.165, 1.54) is 12.0 Å². The number of carbonyl (C=O) groups is 3. The number of anilines is 2. The molecule has 1 aromatic carbocycles. The summed E-state index contributed by atoms with van der Waals surface area (Å²) >= 11 is 0. The fourth-order valence-electron chi connectivity index (χ4n) is 2.70. The molecule has 1 unspecified atom stereocenters. The van der Waals surface area contributed by atoms with E-state index in [0.717, 1.165) is 0 Å². The molecule has 130 valence electrons. The van der Waals surface area contributed by atoms with Crippen molar-refractivity contribution in [2.24, 2.45) is 5.92 Å². The standard InChI is InChI=1S/C17H17N3O5/c1-10-7-14(19-25-10)20-9-11(8-15(20)21)16(22)18-13-6-4-3-5-12(13)17(23)24-2/h3-7,11H,8-9H2,1-2H3,(H,18,22). The number of ether oxygens (including phenoxy) is 1. The molecule has 25 heavy (non-hydrogen) atoms. The Morgan fingerprint density at radius 3 is 2.80 bits per heavy atom. The Hall–Kier alpha value is -3.16. The number of nitrogens with zero attached hydrogens (tertiary/aromatic N) is 2. The molecule has 8 heteroatoms. The zero-order valence-electron chi connectivity index (χ0n) is 13.8. The Morgan fingerprint density at radius 1 is 1.36 bits per heavy atom. The van der Waals surface area contributed by atoms with Crippen LogP contribution < -0.4 is 10.2 Å². The van der Waals surface area contributed by atoms with Crippen molar-refractivity contribution in [2.75, 3.05) is 23.9 Å². The van der Waals surface area contributed by atoms with Crippen LogP contribution in [0.4, 0.5) is 11.5 Å². The smallest absolute Gasteiger partial charge is 0.339 e. The zero-order valence-corrected chi connectivity index (χ0v) is 13.8. The molecule has 0 aliphatic carbocycles. The summed E-state index contributed by atoms with van der Waals surface area (Å²) in [6, 6.07) is 8.19. The number of benzene rings is 1. The maximum absolute atomic E-state index is 12.5. The van der Waals surface area contributed by atoms with Crippen molar-refractivity contribution >= 4 is 29.3 Å². The van der Waals surface area contributed by atoms with Crippen molar-refractivity contribution in [3.63, 3.8) is 0 Å². The van der Waals surface area contributed by atoms with E-state index in [4.69, 9.17) is 9.26 Å². The molecule has 0 spiro atoms. The van der Waals surface area contributed by atoms with E-state index >= 15 is 0 Å². The predicted molar refractivity (Wildman–Crippen MR) is 88.1 cm³/mol. The Bertz CT molecular complexity index is 829. The van der Waals surface area contributed by atoms with Gasteiger partial charge >= 0.3 is 5.97 Å². The van der Waals surface area contributed by atoms with Gasteiger partial charge in [0.25, 0.3) is 0 Å². The number of para-hydroxylation sites is 1. The van der Waals surface area contributed by atoms with E-state index in [0.29, 0.717) is 17.3 Å². The van der Waals surface area contributed by atoms with Crippen molar-refractivity contribution in [3.8, 4) is 0 Å². The van der Waals surface area contributed by atoms with Crippen LogP contribution in [0.3, 0.4) is 0 Å². The van der Waals surface area contributed by atoms with Crippen LogP contribution in [0.5, 0.6) is 0 Å². The van der Waals surface area contributed by atoms with Crippen molar-refractivity contribution in [1.82, 2.24) is 5.16 Å². The molecule has 1 saturated heterocycles. The number of aryl methyl sites for hydroxylation is 1. The maximum Gasteiger partial charge on any atom is 0.339 e. The van der Waals surface area contributed by atoms with E-state index in [1.54, 1.807) is 37.3 Å². The normalized spacial score (nSPS) is 16.8. The molecule has 0 saturated carbocycles. The van der Waals surface area contributed by atoms with Crippen LogP contribution in [-0.4, -0.2) is 36.6 Å². The summed E-state index contributed by atoms with van der Waals surface area (Å²) in [5.74, 6) is -0.647. The van der Waals surface area contributed by atoms with E-state index in [9.17, 15) is 14.4 Å². The van der Waals surface area contributed by atoms with Gasteiger partial charge < -0.3 is 14.6 Å². The van der Waals surface area contributed by atoms with E-state index in [-0.39, 0.29) is 30.3 Å². The van der Waals surface area contributed by atoms with Crippen LogP contribution in [0.25, 0.3) is 0 Å². The van der Waals surface area contributed by atoms with Gasteiger partial charge in [-0.1, -0.05) is 17.3 Å². The molecule has 8 nitrogen and oxygen atoms in total. The highest BCUT2D eigenvalue weighted by atomic mass is 16.5. The molecule has 0 radical (unpaired) electrons. The molecule has 2 amide bonds. The van der Waals surface area contributed by atoms with Crippen LogP contribution in [0, 0.1) is 12.8 Å². The van der Waals surface area contributed by atoms with Crippen molar-refractivity contribution in [3.05, 3.63) is 41.7 Å². The summed E-state index contributed by atoms with van der Waals surface area (Å²) in [5, 5.41) is 6.51. The topological polar surface area (TPSA) is 102 Å². The molecule has 2 heterocycles. The van der Waals surface area contributed by atoms with E-state index in [1.807, 2.05) is 0 Å². The summed E-state index contributed by atoms with van der Waals surface area (Å²) in [6.45, 7) is 1.93. The molecule has 1 aromatic heterocycles. The number of amides is 2. The third kappa shape index (κ3) is 3.37. The lowest BCUT2D eigenvalue weighted by Crippen LogP contribution is -2.28. The first kappa shape index (κ1) is 16.7. The van der Waals surface area contributed by atoms with Crippen LogP contribution in [-0.2, 0) is 14.3 Å². The monoisotopic (exact) mass is 343 g/mol. The predicted octanol–water partition coefficient (Wildman–Crippen LogP) is 1.76. The number of rotatable bonds is 4. The average Bonchev–Trinajstić information content (AvgIpc) is 3.20. The van der Waals surface area contributed by atoms with Gasteiger partial charge in [0.2, 0.25) is 11.8 Å². The summed E-state index contributed by atoms with van der Waals surface area (Å²) in [7, 11) is 1.27. The van der Waals surface area contributed by atoms with Crippen molar-refractivity contribution < 1.29 is 23.6 Å². The van der Waals surface area contributed by atoms with Crippen LogP contribution in [0.2, 0.25) is 0 Å². The highest BCUT2D eigenvalue weighted by molar-refractivity contribution is 6.05. The molecule has 1 aliphatic heterocycles. The van der Waals surface area contributed by atoms with Crippen LogP contribution in [0.15, 0.2) is 34.9 Å². The number of hydrogen-bond acceptors (Lipinski definition) is 6. The third-order valence-corrected chi connectivity index (χ3v) is 3.98. The lowest BCUT2D eigenvalue weighted by molar-refractivity contribution is -0.122. The third-order valence-electron chi connectivity index (χ3n) is 3.98. The number of hydrogen-bond donors (Lipinski definition) is 1. The second kappa shape index (κ2) is 6.76. The first-order valence-electron chi connectivity index (χ1n) is 7.71. The van der Waals surface area contributed by atoms with E-state index in [2.05, 4.69) is 10.5 Å². The lowest BCUT2D eigenvalue weighted by Gasteiger charge is -2.14. The van der Waals surface area contributed by atoms with Gasteiger partial charge in [-0.25, -0.2) is 4.79 Å². The molecule has 1 N–H and O–H groups in total. The van der Waals surface area contributed by atoms with Gasteiger partial charge in [-0.2, -0.15) is 0 Å². The van der Waals surface area contributed by atoms with Gasteiger partial charge in [-0.05, 0) is 19.1 Å². The van der Waals surface area contributed by atoms with Gasteiger partial charge in [0.15, 0.2) is 5.82 Å². The van der Waals surface area contributed by atoms with Gasteiger partial charge in [-0.3, -0.25) is 14.5 Å². The zero-order chi connectivity index (χ0) is 18.0. The highest BCUT2D eigenvalue weighted by Gasteiger charge is 2.36. The Balaban J connectivity index is 1.73. The second-order valence-electron chi connectivity index (χ2n) is 5.73. The summed E-state index contributed by atoms with van der Waals surface area (Å²) < 4.78 is 9.68. The number of methoxy groups -OCH3 is 1. The van der Waals surface area contributed by atoms with Crippen LogP contribution in [0.1, 0.15) is 22.5 Å². The minimum atomic E-state index is -0.546. The molecule has 1 fully saturated rings. The minimum absolute atomic E-state index is 0.0676. The van der Waals surface area contributed by atoms with Gasteiger partial charge in [0.1, 0.15) is 5.76 Å². The summed E-state index contributed by atoms with van der Waals surface area (Å²) in [6.07, 6.45) is 0.0676. The fourth-order valence-corrected chi connectivity index (χ4v) is 2.70. The van der Waals surface area contributed by atoms with E-state index < -0.39 is 11.9 Å². The van der Waals surface area contributed by atoms with Gasteiger partial charge in [0.05, 0.1) is 24.3 Å². The first-order valence-corrected chi connectivity index (χ1v) is 7.71. The second-order valence-corrected chi connectivity index (χ2v) is 5.73. The minimum Gasteiger partial charge on any atom is -0.465 e. The molecule has 3 rings (SSSR count). The maximum atomic E-state index is 12.5. The molecule has 0 bridgehead atoms. The largest absolute Gasteiger partial charge is 0.465 e. The first-order chi connectivity index (χ1) is 12.0. The number of aromatic nitrogens is 1. The number of esters is 1. The number of carbonyl (C=O) groups excluding carboxylic acids is 3. The Labute approximate surface area is 143 Å². The fraction of sp³-hybridized carbons (Fsp3) is 0.294. The molecule has 1 aliphatic rings. The molecular formula is C17H17N3O5. The molecule has 1 atom stereocenters. The summed E-state index contributed by atoms with van der Waals surface area (Å²) in [4.78, 5) is 37.9. The molecule has 2 aromatic rings. The van der Waals surface area contributed by atoms with Crippen molar-refractivity contribution in [2.45, 2.75) is 13.3 Å². The summed E-state index contributed by atoms with van der Waals surface area (Å²) in [5.41, 5.74) is 0.606. The van der Waals surface area contributed by atoms with Crippen molar-refractivity contribution in [1.29, 1.82) is 0 Å². The number of nitrogens with one attached hydrogen (secondary N) is 1. The van der Waals surface area contributed by atoms with Gasteiger partial charge in [-0.15, -0.1) is 0 Å².